The number of hydrogen-bond donors (Lipinski definition) is 3. The van der Waals surface area contributed by atoms with Crippen LogP contribution in [0.25, 0.3) is 11.1 Å². The largest absolute Gasteiger partial charge is 0.419 e. The molecule has 0 spiro atoms. The highest BCUT2D eigenvalue weighted by Crippen LogP contribution is 2.38. The molecule has 14 heteroatoms. The van der Waals surface area contributed by atoms with E-state index in [1.165, 1.54) is 22.9 Å². The van der Waals surface area contributed by atoms with Crippen molar-refractivity contribution >= 4 is 27.0 Å². The Kier molecular flexibility index (Phi) is 5.76. The first-order valence-corrected chi connectivity index (χ1v) is 12.8. The molecule has 36 heavy (non-hydrogen) atoms. The Morgan fingerprint density at radius 2 is 2.06 bits per heavy atom. The molecule has 2 fully saturated rings. The molecule has 3 N–H and O–H groups in total. The summed E-state index contributed by atoms with van der Waals surface area (Å²) in [5.74, 6) is -1.19. The number of β-amino-alcohol motifs (C(OH)–C–C–N with tert-alkyl or cyclic N) is 1. The Bertz CT molecular complexity index is 1370. The number of halogens is 3. The molecule has 2 unspecified atom stereocenters. The summed E-state index contributed by atoms with van der Waals surface area (Å²) in [5, 5.41) is 20.4. The number of fused-ring (bicyclic) bond motifs is 1. The Morgan fingerprint density at radius 1 is 1.33 bits per heavy atom. The van der Waals surface area contributed by atoms with Gasteiger partial charge in [0.25, 0.3) is 5.91 Å². The predicted octanol–water partition coefficient (Wildman–Crippen LogP) is 1.08. The smallest absolute Gasteiger partial charge is 0.388 e. The number of sulfonamides is 1. The second kappa shape index (κ2) is 8.25. The van der Waals surface area contributed by atoms with E-state index < -0.39 is 52.3 Å². The zero-order valence-corrected chi connectivity index (χ0v) is 20.1. The number of pyridine rings is 1. The van der Waals surface area contributed by atoms with Crippen molar-refractivity contribution in [2.75, 3.05) is 26.3 Å². The molecular weight excluding hydrogens is 505 g/mol. The molecule has 5 rings (SSSR count). The third kappa shape index (κ3) is 4.10. The molecule has 0 aromatic carbocycles. The molecule has 1 amide bonds. The molecule has 0 saturated carbocycles. The zero-order chi connectivity index (χ0) is 26.1. The van der Waals surface area contributed by atoms with Crippen LogP contribution in [0.1, 0.15) is 42.4 Å². The van der Waals surface area contributed by atoms with Crippen LogP contribution < -0.4 is 4.72 Å². The molecule has 2 aliphatic heterocycles. The van der Waals surface area contributed by atoms with Gasteiger partial charge in [0.05, 0.1) is 48.0 Å². The van der Waals surface area contributed by atoms with Gasteiger partial charge in [-0.1, -0.05) is 6.08 Å². The number of carbonyl (C=O) groups is 1. The number of carbonyl (C=O) groups excluding carboxylic acids is 1. The van der Waals surface area contributed by atoms with Crippen LogP contribution in [0, 0.1) is 0 Å². The normalized spacial score (nSPS) is 26.3. The Balaban J connectivity index is 1.59. The van der Waals surface area contributed by atoms with Crippen LogP contribution in [-0.2, 0) is 14.8 Å². The van der Waals surface area contributed by atoms with Crippen molar-refractivity contribution < 1.29 is 41.3 Å². The highest BCUT2D eigenvalue weighted by molar-refractivity contribution is 7.89. The minimum atomic E-state index is -4.91. The number of ether oxygens (including phenoxy) is 1. The van der Waals surface area contributed by atoms with Gasteiger partial charge in [-0.2, -0.15) is 13.2 Å². The predicted molar refractivity (Wildman–Crippen MR) is 119 cm³/mol. The molecule has 196 valence electrons. The second-order valence-corrected chi connectivity index (χ2v) is 11.5. The summed E-state index contributed by atoms with van der Waals surface area (Å²) < 4.78 is 75.2. The van der Waals surface area contributed by atoms with E-state index in [9.17, 15) is 36.6 Å². The van der Waals surface area contributed by atoms with Gasteiger partial charge in [0.15, 0.2) is 5.60 Å². The number of nitrogens with one attached hydrogen (secondary N) is 1. The lowest BCUT2D eigenvalue weighted by Gasteiger charge is -2.38. The molecule has 2 saturated heterocycles. The number of hydrogen-bond acceptors (Lipinski definition) is 7. The van der Waals surface area contributed by atoms with E-state index in [1.54, 1.807) is 13.0 Å². The monoisotopic (exact) mass is 530 g/mol. The van der Waals surface area contributed by atoms with Gasteiger partial charge in [-0.05, 0) is 31.4 Å². The van der Waals surface area contributed by atoms with Gasteiger partial charge in [-0.15, -0.1) is 0 Å². The van der Waals surface area contributed by atoms with Crippen LogP contribution >= 0.6 is 0 Å². The van der Waals surface area contributed by atoms with Gasteiger partial charge in [0.1, 0.15) is 0 Å². The van der Waals surface area contributed by atoms with Crippen molar-refractivity contribution in [1.29, 1.82) is 0 Å². The summed E-state index contributed by atoms with van der Waals surface area (Å²) in [5.41, 5.74) is -2.71. The van der Waals surface area contributed by atoms with Crippen molar-refractivity contribution in [2.24, 2.45) is 0 Å². The summed E-state index contributed by atoms with van der Waals surface area (Å²) >= 11 is 0. The maximum Gasteiger partial charge on any atom is 0.419 e. The third-order valence-electron chi connectivity index (χ3n) is 6.88. The summed E-state index contributed by atoms with van der Waals surface area (Å²) in [7, 11) is -4.12. The van der Waals surface area contributed by atoms with Crippen molar-refractivity contribution in [3.8, 4) is 0 Å². The van der Waals surface area contributed by atoms with E-state index in [2.05, 4.69) is 9.71 Å². The number of aliphatic hydroxyl groups is 2. The molecule has 10 nitrogen and oxygen atoms in total. The van der Waals surface area contributed by atoms with E-state index in [1.807, 2.05) is 0 Å². The van der Waals surface area contributed by atoms with Crippen molar-refractivity contribution in [2.45, 2.75) is 54.5 Å². The van der Waals surface area contributed by atoms with Crippen molar-refractivity contribution in [3.63, 3.8) is 0 Å². The first-order valence-electron chi connectivity index (χ1n) is 11.3. The number of likely N-dealkylation sites (tertiary alicyclic amines) is 1. The first kappa shape index (κ1) is 25.1. The molecule has 0 bridgehead atoms. The molecule has 1 aliphatic carbocycles. The summed E-state index contributed by atoms with van der Waals surface area (Å²) in [4.78, 5) is 17.9. The number of amides is 1. The van der Waals surface area contributed by atoms with Crippen LogP contribution in [0.3, 0.4) is 0 Å². The molecule has 4 heterocycles. The van der Waals surface area contributed by atoms with Gasteiger partial charge >= 0.3 is 6.18 Å². The molecule has 0 radical (unpaired) electrons. The molecule has 2 atom stereocenters. The van der Waals surface area contributed by atoms with Crippen molar-refractivity contribution in [1.82, 2.24) is 19.0 Å². The molecule has 3 aliphatic rings. The van der Waals surface area contributed by atoms with E-state index in [0.717, 1.165) is 4.90 Å². The van der Waals surface area contributed by atoms with Crippen molar-refractivity contribution in [3.05, 3.63) is 35.9 Å². The maximum absolute atomic E-state index is 13.3. The summed E-state index contributed by atoms with van der Waals surface area (Å²) in [6.45, 7) is 0.726. The van der Waals surface area contributed by atoms with Crippen LogP contribution in [-0.4, -0.2) is 88.5 Å². The number of imidazole rings is 1. The second-order valence-electron chi connectivity index (χ2n) is 9.84. The van der Waals surface area contributed by atoms with Gasteiger partial charge in [0, 0.05) is 24.7 Å². The van der Waals surface area contributed by atoms with Gasteiger partial charge in [0.2, 0.25) is 15.8 Å². The Hall–Kier alpha value is -2.52. The fourth-order valence-electron chi connectivity index (χ4n) is 4.78. The number of aliphatic hydroxyl groups excluding tert-OH is 1. The Labute approximate surface area is 204 Å². The van der Waals surface area contributed by atoms with Crippen LogP contribution in [0.5, 0.6) is 0 Å². The van der Waals surface area contributed by atoms with Crippen LogP contribution in [0.2, 0.25) is 0 Å². The number of aromatic nitrogens is 2. The van der Waals surface area contributed by atoms with E-state index in [4.69, 9.17) is 4.74 Å². The fraction of sp³-hybridized carbons (Fsp3) is 0.545. The lowest BCUT2D eigenvalue weighted by Crippen LogP contribution is -2.59. The zero-order valence-electron chi connectivity index (χ0n) is 19.2. The minimum Gasteiger partial charge on any atom is -0.388 e. The third-order valence-corrected chi connectivity index (χ3v) is 8.48. The number of allylic oxidation sites excluding steroid dienone is 1. The van der Waals surface area contributed by atoms with Crippen LogP contribution in [0.15, 0.2) is 29.4 Å². The Morgan fingerprint density at radius 3 is 2.61 bits per heavy atom. The maximum atomic E-state index is 13.3. The number of rotatable bonds is 5. The lowest BCUT2D eigenvalue weighted by atomic mass is 10.0. The summed E-state index contributed by atoms with van der Waals surface area (Å²) in [6, 6.07) is 1.38. The highest BCUT2D eigenvalue weighted by Gasteiger charge is 2.58. The molecule has 2 aromatic rings. The lowest BCUT2D eigenvalue weighted by molar-refractivity contribution is -0.253. The topological polar surface area (TPSA) is 133 Å². The SMILES string of the molecule is CC1(NS(=O)(=O)c2cc(C3=CCCC3O)c3cnc(C(=O)N4CCC(O)(C(F)(F)F)C4)n3c2)COC1. The highest BCUT2D eigenvalue weighted by atomic mass is 32.2. The van der Waals surface area contributed by atoms with Gasteiger partial charge in [-0.3, -0.25) is 9.20 Å². The quantitative estimate of drug-likeness (QED) is 0.527. The number of nitrogens with zero attached hydrogens (tertiary/aromatic N) is 3. The number of alkyl halides is 3. The average Bonchev–Trinajstić information content (AvgIpc) is 3.49. The van der Waals surface area contributed by atoms with Crippen LogP contribution in [0.4, 0.5) is 13.2 Å². The van der Waals surface area contributed by atoms with Gasteiger partial charge < -0.3 is 19.8 Å². The average molecular weight is 531 g/mol. The van der Waals surface area contributed by atoms with E-state index in [-0.39, 0.29) is 30.5 Å². The molecule has 2 aromatic heterocycles. The standard InChI is InChI=1S/C22H25F3N4O6S/c1-20(11-35-12-20)27-36(33,34)13-7-15(14-3-2-4-17(14)30)16-8-26-18(29(16)9-13)19(31)28-6-5-21(32,10-28)22(23,24)25/h3,7-9,17,27,30,32H,2,4-6,10-12H2,1H3. The van der Waals surface area contributed by atoms with E-state index >= 15 is 0 Å². The first-order chi connectivity index (χ1) is 16.7. The molecular formula is C22H25F3N4O6S. The van der Waals surface area contributed by atoms with E-state index in [0.29, 0.717) is 29.5 Å². The van der Waals surface area contributed by atoms with Gasteiger partial charge in [-0.25, -0.2) is 18.1 Å². The minimum absolute atomic E-state index is 0.178. The summed E-state index contributed by atoms with van der Waals surface area (Å²) in [6.07, 6.45) is -1.19. The fourth-order valence-corrected chi connectivity index (χ4v) is 6.18.